The smallest absolute Gasteiger partial charge is 0.154 e. The van der Waals surface area contributed by atoms with Gasteiger partial charge < -0.3 is 16.3 Å². The topological polar surface area (TPSA) is 92.0 Å². The number of anilines is 1. The van der Waals surface area contributed by atoms with E-state index >= 15 is 0 Å². The van der Waals surface area contributed by atoms with Gasteiger partial charge in [0.25, 0.3) is 0 Å². The Morgan fingerprint density at radius 2 is 2.00 bits per heavy atom. The minimum absolute atomic E-state index is 0.355. The minimum Gasteiger partial charge on any atom is -0.382 e. The van der Waals surface area contributed by atoms with E-state index in [-0.39, 0.29) is 0 Å². The monoisotopic (exact) mass is 285 g/mol. The Kier molecular flexibility index (Phi) is 3.17. The third-order valence-corrected chi connectivity index (χ3v) is 3.85. The van der Waals surface area contributed by atoms with Gasteiger partial charge in [-0.2, -0.15) is 0 Å². The molecule has 0 spiro atoms. The Morgan fingerprint density at radius 3 is 2.71 bits per heavy atom. The van der Waals surface area contributed by atoms with Crippen LogP contribution in [0.5, 0.6) is 0 Å². The molecule has 0 aliphatic rings. The van der Waals surface area contributed by atoms with Gasteiger partial charge in [0, 0.05) is 12.0 Å². The predicted molar refractivity (Wildman–Crippen MR) is 84.4 cm³/mol. The minimum atomic E-state index is 0.355. The Labute approximate surface area is 122 Å². The number of aromatic nitrogens is 3. The zero-order chi connectivity index (χ0) is 15.1. The van der Waals surface area contributed by atoms with Crippen LogP contribution in [-0.4, -0.2) is 21.3 Å². The summed E-state index contributed by atoms with van der Waals surface area (Å²) in [6, 6.07) is 4.00. The van der Waals surface area contributed by atoms with Gasteiger partial charge in [-0.15, -0.1) is 0 Å². The van der Waals surface area contributed by atoms with Crippen molar-refractivity contribution in [3.8, 4) is 0 Å². The SMILES string of the molecule is CCOCc1nc2c(N)nc3ccc(C)c(C)c3c2n1N. The Morgan fingerprint density at radius 1 is 1.24 bits per heavy atom. The fourth-order valence-corrected chi connectivity index (χ4v) is 2.57. The normalized spacial score (nSPS) is 11.6. The van der Waals surface area contributed by atoms with Gasteiger partial charge in [-0.1, -0.05) is 6.07 Å². The largest absolute Gasteiger partial charge is 0.382 e. The van der Waals surface area contributed by atoms with Crippen LogP contribution in [0.2, 0.25) is 0 Å². The lowest BCUT2D eigenvalue weighted by molar-refractivity contribution is 0.127. The van der Waals surface area contributed by atoms with E-state index in [1.807, 2.05) is 19.1 Å². The van der Waals surface area contributed by atoms with E-state index in [0.29, 0.717) is 30.4 Å². The van der Waals surface area contributed by atoms with Crippen LogP contribution >= 0.6 is 0 Å². The first kappa shape index (κ1) is 13.6. The van der Waals surface area contributed by atoms with Gasteiger partial charge >= 0.3 is 0 Å². The third-order valence-electron chi connectivity index (χ3n) is 3.85. The molecule has 4 N–H and O–H groups in total. The molecule has 110 valence electrons. The average molecular weight is 285 g/mol. The molecule has 3 rings (SSSR count). The third kappa shape index (κ3) is 1.99. The highest BCUT2D eigenvalue weighted by molar-refractivity contribution is 6.08. The first-order valence-corrected chi connectivity index (χ1v) is 6.94. The van der Waals surface area contributed by atoms with Crippen molar-refractivity contribution in [1.29, 1.82) is 0 Å². The molecule has 6 heteroatoms. The number of aryl methyl sites for hydroxylation is 2. The van der Waals surface area contributed by atoms with Crippen molar-refractivity contribution in [2.45, 2.75) is 27.4 Å². The molecule has 0 saturated carbocycles. The zero-order valence-electron chi connectivity index (χ0n) is 12.5. The fraction of sp³-hybridized carbons (Fsp3) is 0.333. The molecule has 0 aliphatic carbocycles. The quantitative estimate of drug-likeness (QED) is 0.718. The highest BCUT2D eigenvalue weighted by Crippen LogP contribution is 2.31. The number of nitrogens with two attached hydrogens (primary N) is 2. The van der Waals surface area contributed by atoms with Gasteiger partial charge in [-0.3, -0.25) is 0 Å². The molecule has 21 heavy (non-hydrogen) atoms. The number of nitrogen functional groups attached to an aromatic ring is 2. The summed E-state index contributed by atoms with van der Waals surface area (Å²) < 4.78 is 6.98. The standard InChI is InChI=1S/C15H19N5O/c1-4-21-7-11-19-13-14(20(11)17)12-9(3)8(2)5-6-10(12)18-15(13)16/h5-6H,4,7,17H2,1-3H3,(H2,16,18). The number of benzene rings is 1. The van der Waals surface area contributed by atoms with Crippen LogP contribution in [0, 0.1) is 13.8 Å². The number of ether oxygens (including phenoxy) is 1. The number of imidazole rings is 1. The molecular formula is C15H19N5O. The lowest BCUT2D eigenvalue weighted by atomic mass is 10.0. The summed E-state index contributed by atoms with van der Waals surface area (Å²) in [7, 11) is 0. The maximum absolute atomic E-state index is 6.22. The van der Waals surface area contributed by atoms with Crippen LogP contribution < -0.4 is 11.6 Å². The summed E-state index contributed by atoms with van der Waals surface area (Å²) >= 11 is 0. The Balaban J connectivity index is 2.41. The molecule has 3 aromatic rings. The van der Waals surface area contributed by atoms with E-state index in [9.17, 15) is 0 Å². The summed E-state index contributed by atoms with van der Waals surface area (Å²) in [5.41, 5.74) is 10.6. The van der Waals surface area contributed by atoms with E-state index < -0.39 is 0 Å². The van der Waals surface area contributed by atoms with Crippen LogP contribution in [0.1, 0.15) is 23.9 Å². The summed E-state index contributed by atoms with van der Waals surface area (Å²) in [4.78, 5) is 8.94. The van der Waals surface area contributed by atoms with Gasteiger partial charge in [-0.25, -0.2) is 14.6 Å². The van der Waals surface area contributed by atoms with E-state index in [4.69, 9.17) is 16.3 Å². The second-order valence-corrected chi connectivity index (χ2v) is 5.13. The number of fused-ring (bicyclic) bond motifs is 3. The van der Waals surface area contributed by atoms with Gasteiger partial charge in [0.05, 0.1) is 5.52 Å². The van der Waals surface area contributed by atoms with Crippen molar-refractivity contribution in [2.24, 2.45) is 0 Å². The molecule has 0 saturated heterocycles. The molecule has 0 unspecified atom stereocenters. The molecule has 0 bridgehead atoms. The summed E-state index contributed by atoms with van der Waals surface area (Å²) in [5.74, 6) is 7.26. The Hall–Kier alpha value is -2.34. The van der Waals surface area contributed by atoms with Gasteiger partial charge in [0.1, 0.15) is 17.6 Å². The first-order chi connectivity index (χ1) is 10.0. The second-order valence-electron chi connectivity index (χ2n) is 5.13. The molecule has 0 fully saturated rings. The molecular weight excluding hydrogens is 266 g/mol. The maximum Gasteiger partial charge on any atom is 0.154 e. The number of rotatable bonds is 3. The Bertz CT molecular complexity index is 837. The first-order valence-electron chi connectivity index (χ1n) is 6.94. The summed E-state index contributed by atoms with van der Waals surface area (Å²) in [6.07, 6.45) is 0. The molecule has 0 atom stereocenters. The van der Waals surface area contributed by atoms with Crippen molar-refractivity contribution in [3.05, 3.63) is 29.1 Å². The number of hydrogen-bond acceptors (Lipinski definition) is 5. The molecule has 1 aromatic carbocycles. The van der Waals surface area contributed by atoms with Gasteiger partial charge in [0.15, 0.2) is 11.6 Å². The van der Waals surface area contributed by atoms with Crippen LogP contribution in [0.4, 0.5) is 5.82 Å². The summed E-state index contributed by atoms with van der Waals surface area (Å²) in [6.45, 7) is 7.02. The molecule has 6 nitrogen and oxygen atoms in total. The van der Waals surface area contributed by atoms with Crippen LogP contribution in [-0.2, 0) is 11.3 Å². The van der Waals surface area contributed by atoms with E-state index in [1.165, 1.54) is 5.56 Å². The lowest BCUT2D eigenvalue weighted by Crippen LogP contribution is -2.14. The van der Waals surface area contributed by atoms with Crippen molar-refractivity contribution in [1.82, 2.24) is 14.6 Å². The number of pyridine rings is 1. The summed E-state index contributed by atoms with van der Waals surface area (Å²) in [5, 5.41) is 0.997. The van der Waals surface area contributed by atoms with Crippen LogP contribution in [0.25, 0.3) is 21.9 Å². The highest BCUT2D eigenvalue weighted by atomic mass is 16.5. The van der Waals surface area contributed by atoms with Crippen molar-refractivity contribution < 1.29 is 4.74 Å². The van der Waals surface area contributed by atoms with Crippen molar-refractivity contribution >= 4 is 27.8 Å². The van der Waals surface area contributed by atoms with E-state index in [2.05, 4.69) is 23.8 Å². The van der Waals surface area contributed by atoms with Crippen LogP contribution in [0.15, 0.2) is 12.1 Å². The zero-order valence-corrected chi connectivity index (χ0v) is 12.5. The molecule has 0 aliphatic heterocycles. The lowest BCUT2D eigenvalue weighted by Gasteiger charge is -2.09. The molecule has 2 heterocycles. The van der Waals surface area contributed by atoms with Crippen molar-refractivity contribution in [3.63, 3.8) is 0 Å². The van der Waals surface area contributed by atoms with Gasteiger partial charge in [-0.05, 0) is 38.0 Å². The van der Waals surface area contributed by atoms with Gasteiger partial charge in [0.2, 0.25) is 0 Å². The molecule has 0 amide bonds. The molecule has 0 radical (unpaired) electrons. The number of nitrogens with zero attached hydrogens (tertiary/aromatic N) is 3. The average Bonchev–Trinajstić information content (AvgIpc) is 2.79. The van der Waals surface area contributed by atoms with E-state index in [0.717, 1.165) is 22.0 Å². The maximum atomic E-state index is 6.22. The fourth-order valence-electron chi connectivity index (χ4n) is 2.57. The molecule has 2 aromatic heterocycles. The number of hydrogen-bond donors (Lipinski definition) is 2. The predicted octanol–water partition coefficient (Wildman–Crippen LogP) is 2.03. The highest BCUT2D eigenvalue weighted by Gasteiger charge is 2.17. The van der Waals surface area contributed by atoms with Crippen LogP contribution in [0.3, 0.4) is 0 Å². The van der Waals surface area contributed by atoms with Crippen molar-refractivity contribution in [2.75, 3.05) is 18.2 Å². The second kappa shape index (κ2) is 4.89. The van der Waals surface area contributed by atoms with E-state index in [1.54, 1.807) is 4.68 Å².